The summed E-state index contributed by atoms with van der Waals surface area (Å²) in [6, 6.07) is 6.67. The number of hydrogen-bond donors (Lipinski definition) is 1. The zero-order chi connectivity index (χ0) is 15.6. The molecule has 21 heavy (non-hydrogen) atoms. The number of sulfonamides is 1. The quantitative estimate of drug-likeness (QED) is 0.929. The molecule has 0 aliphatic heterocycles. The number of halogens is 1. The third-order valence-electron chi connectivity index (χ3n) is 3.22. The summed E-state index contributed by atoms with van der Waals surface area (Å²) >= 11 is 5.84. The first-order valence-corrected chi connectivity index (χ1v) is 7.95. The first-order valence-electron chi connectivity index (χ1n) is 6.13. The molecule has 0 spiro atoms. The van der Waals surface area contributed by atoms with Crippen molar-refractivity contribution < 1.29 is 8.42 Å². The van der Waals surface area contributed by atoms with E-state index in [1.54, 1.807) is 31.2 Å². The van der Waals surface area contributed by atoms with Gasteiger partial charge in [-0.05, 0) is 24.6 Å². The second-order valence-electron chi connectivity index (χ2n) is 4.53. The van der Waals surface area contributed by atoms with E-state index in [9.17, 15) is 8.42 Å². The molecule has 1 heterocycles. The van der Waals surface area contributed by atoms with Gasteiger partial charge in [0.25, 0.3) is 0 Å². The van der Waals surface area contributed by atoms with E-state index < -0.39 is 10.0 Å². The highest BCUT2D eigenvalue weighted by Gasteiger charge is 2.26. The Hall–Kier alpha value is -1.70. The highest BCUT2D eigenvalue weighted by Crippen LogP contribution is 2.26. The molecule has 1 aromatic carbocycles. The number of nitrogens with two attached hydrogens (primary N) is 1. The van der Waals surface area contributed by atoms with Gasteiger partial charge >= 0.3 is 0 Å². The fourth-order valence-corrected chi connectivity index (χ4v) is 3.15. The maximum atomic E-state index is 12.5. The average Bonchev–Trinajstić information content (AvgIpc) is 2.47. The van der Waals surface area contributed by atoms with Crippen LogP contribution < -0.4 is 5.73 Å². The molecule has 2 N–H and O–H groups in total. The predicted molar refractivity (Wildman–Crippen MR) is 81.3 cm³/mol. The van der Waals surface area contributed by atoms with E-state index in [1.165, 1.54) is 23.7 Å². The van der Waals surface area contributed by atoms with Crippen molar-refractivity contribution in [2.45, 2.75) is 17.9 Å². The van der Waals surface area contributed by atoms with Gasteiger partial charge in [-0.1, -0.05) is 23.7 Å². The van der Waals surface area contributed by atoms with Crippen LogP contribution in [-0.2, 0) is 10.0 Å². The largest absolute Gasteiger partial charge is 0.368 e. The van der Waals surface area contributed by atoms with Crippen molar-refractivity contribution >= 4 is 27.6 Å². The minimum absolute atomic E-state index is 0.0000125. The van der Waals surface area contributed by atoms with Gasteiger partial charge in [0.1, 0.15) is 4.90 Å². The van der Waals surface area contributed by atoms with Gasteiger partial charge in [0.15, 0.2) is 0 Å². The van der Waals surface area contributed by atoms with Crippen molar-refractivity contribution in [2.24, 2.45) is 0 Å². The van der Waals surface area contributed by atoms with Crippen LogP contribution in [0.2, 0.25) is 5.02 Å². The molecule has 0 saturated carbocycles. The number of aromatic nitrogens is 2. The third kappa shape index (κ3) is 3.31. The molecule has 1 unspecified atom stereocenters. The van der Waals surface area contributed by atoms with Crippen molar-refractivity contribution in [3.05, 3.63) is 47.2 Å². The maximum Gasteiger partial charge on any atom is 0.246 e. The van der Waals surface area contributed by atoms with Crippen LogP contribution in [0.3, 0.4) is 0 Å². The minimum Gasteiger partial charge on any atom is -0.368 e. The van der Waals surface area contributed by atoms with Gasteiger partial charge < -0.3 is 5.73 Å². The van der Waals surface area contributed by atoms with Crippen LogP contribution >= 0.6 is 11.6 Å². The smallest absolute Gasteiger partial charge is 0.246 e. The lowest BCUT2D eigenvalue weighted by Crippen LogP contribution is -2.30. The summed E-state index contributed by atoms with van der Waals surface area (Å²) in [5.74, 6) is 0.0300. The van der Waals surface area contributed by atoms with Crippen LogP contribution in [0.25, 0.3) is 0 Å². The molecule has 0 fully saturated rings. The second-order valence-corrected chi connectivity index (χ2v) is 6.96. The van der Waals surface area contributed by atoms with Gasteiger partial charge in [0, 0.05) is 18.1 Å². The minimum atomic E-state index is -3.69. The molecule has 112 valence electrons. The van der Waals surface area contributed by atoms with Crippen molar-refractivity contribution in [1.82, 2.24) is 14.3 Å². The average molecular weight is 327 g/mol. The van der Waals surface area contributed by atoms with Crippen LogP contribution in [-0.4, -0.2) is 29.7 Å². The topological polar surface area (TPSA) is 89.2 Å². The van der Waals surface area contributed by atoms with E-state index in [1.807, 2.05) is 0 Å². The van der Waals surface area contributed by atoms with Gasteiger partial charge in [0.2, 0.25) is 16.0 Å². The van der Waals surface area contributed by atoms with Crippen LogP contribution in [0.5, 0.6) is 0 Å². The Morgan fingerprint density at radius 2 is 1.71 bits per heavy atom. The summed E-state index contributed by atoms with van der Waals surface area (Å²) in [6.07, 6.45) is 2.39. The van der Waals surface area contributed by atoms with Gasteiger partial charge in [-0.2, -0.15) is 4.31 Å². The second kappa shape index (κ2) is 5.97. The van der Waals surface area contributed by atoms with E-state index >= 15 is 0 Å². The molecule has 0 aliphatic carbocycles. The fraction of sp³-hybridized carbons (Fsp3) is 0.231. The van der Waals surface area contributed by atoms with Gasteiger partial charge in [0.05, 0.1) is 12.4 Å². The molecule has 2 rings (SSSR count). The lowest BCUT2D eigenvalue weighted by Gasteiger charge is -2.24. The van der Waals surface area contributed by atoms with Gasteiger partial charge in [-0.25, -0.2) is 18.4 Å². The lowest BCUT2D eigenvalue weighted by atomic mass is 10.1. The number of nitrogen functional groups attached to an aromatic ring is 1. The Bertz CT molecular complexity index is 717. The standard InChI is InChI=1S/C13H15ClN4O2S/c1-9(10-3-5-11(14)6-4-10)18(2)21(19,20)12-7-16-13(15)17-8-12/h3-9H,1-2H3,(H2,15,16,17). The Labute approximate surface area is 128 Å². The number of rotatable bonds is 4. The first kappa shape index (κ1) is 15.7. The molecule has 0 bridgehead atoms. The molecule has 0 radical (unpaired) electrons. The zero-order valence-corrected chi connectivity index (χ0v) is 13.1. The Balaban J connectivity index is 2.31. The molecular weight excluding hydrogens is 312 g/mol. The highest BCUT2D eigenvalue weighted by molar-refractivity contribution is 7.89. The Morgan fingerprint density at radius 3 is 2.24 bits per heavy atom. The Kier molecular flexibility index (Phi) is 4.46. The highest BCUT2D eigenvalue weighted by atomic mass is 35.5. The lowest BCUT2D eigenvalue weighted by molar-refractivity contribution is 0.398. The van der Waals surface area contributed by atoms with Gasteiger partial charge in [-0.15, -0.1) is 0 Å². The van der Waals surface area contributed by atoms with Crippen molar-refractivity contribution in [3.63, 3.8) is 0 Å². The number of hydrogen-bond acceptors (Lipinski definition) is 5. The van der Waals surface area contributed by atoms with Crippen LogP contribution in [0.15, 0.2) is 41.6 Å². The van der Waals surface area contributed by atoms with Crippen LogP contribution in [0.4, 0.5) is 5.95 Å². The molecule has 0 saturated heterocycles. The number of nitrogens with zero attached hydrogens (tertiary/aromatic N) is 3. The SMILES string of the molecule is CC(c1ccc(Cl)cc1)N(C)S(=O)(=O)c1cnc(N)nc1. The molecule has 6 nitrogen and oxygen atoms in total. The zero-order valence-electron chi connectivity index (χ0n) is 11.6. The van der Waals surface area contributed by atoms with Crippen molar-refractivity contribution in [3.8, 4) is 0 Å². The van der Waals surface area contributed by atoms with E-state index in [0.717, 1.165) is 5.56 Å². The summed E-state index contributed by atoms with van der Waals surface area (Å²) in [5, 5.41) is 0.600. The summed E-state index contributed by atoms with van der Waals surface area (Å²) in [7, 11) is -2.19. The Morgan fingerprint density at radius 1 is 1.19 bits per heavy atom. The summed E-state index contributed by atoms with van der Waals surface area (Å²) in [5.41, 5.74) is 6.20. The van der Waals surface area contributed by atoms with Crippen LogP contribution in [0, 0.1) is 0 Å². The monoisotopic (exact) mass is 326 g/mol. The van der Waals surface area contributed by atoms with E-state index in [-0.39, 0.29) is 16.9 Å². The molecule has 8 heteroatoms. The molecule has 0 aliphatic rings. The molecule has 0 amide bonds. The number of benzene rings is 1. The predicted octanol–water partition coefficient (Wildman–Crippen LogP) is 2.09. The molecule has 1 atom stereocenters. The summed E-state index contributed by atoms with van der Waals surface area (Å²) in [6.45, 7) is 1.79. The van der Waals surface area contributed by atoms with E-state index in [4.69, 9.17) is 17.3 Å². The maximum absolute atomic E-state index is 12.5. The van der Waals surface area contributed by atoms with E-state index in [2.05, 4.69) is 9.97 Å². The van der Waals surface area contributed by atoms with Crippen molar-refractivity contribution in [2.75, 3.05) is 12.8 Å². The molecule has 1 aromatic heterocycles. The van der Waals surface area contributed by atoms with Gasteiger partial charge in [-0.3, -0.25) is 0 Å². The molecular formula is C13H15ClN4O2S. The van der Waals surface area contributed by atoms with Crippen LogP contribution in [0.1, 0.15) is 18.5 Å². The summed E-state index contributed by atoms with van der Waals surface area (Å²) < 4.78 is 26.3. The first-order chi connectivity index (χ1) is 9.82. The third-order valence-corrected chi connectivity index (χ3v) is 5.36. The van der Waals surface area contributed by atoms with Crippen molar-refractivity contribution in [1.29, 1.82) is 0 Å². The fourth-order valence-electron chi connectivity index (χ4n) is 1.79. The normalized spacial score (nSPS) is 13.3. The molecule has 2 aromatic rings. The summed E-state index contributed by atoms with van der Waals surface area (Å²) in [4.78, 5) is 7.43. The number of anilines is 1. The van der Waals surface area contributed by atoms with E-state index in [0.29, 0.717) is 5.02 Å².